The van der Waals surface area contributed by atoms with Gasteiger partial charge in [-0.25, -0.2) is 4.79 Å². The third-order valence-electron chi connectivity index (χ3n) is 3.64. The quantitative estimate of drug-likeness (QED) is 0.882. The summed E-state index contributed by atoms with van der Waals surface area (Å²) in [7, 11) is 0. The molecule has 1 aromatic carbocycles. The Morgan fingerprint density at radius 2 is 1.83 bits per heavy atom. The molecule has 6 nitrogen and oxygen atoms in total. The third-order valence-corrected chi connectivity index (χ3v) is 3.64. The van der Waals surface area contributed by atoms with E-state index in [1.165, 1.54) is 6.92 Å². The molecule has 1 aliphatic heterocycles. The SMILES string of the molecule is CC(=O)N1CCN(c2cccc(NC(=O)NCC(F)(F)F)c2)CC1. The van der Waals surface area contributed by atoms with Crippen LogP contribution in [0.3, 0.4) is 0 Å². The number of alkyl halides is 3. The molecule has 1 fully saturated rings. The van der Waals surface area contributed by atoms with E-state index in [-0.39, 0.29) is 5.91 Å². The second-order valence-corrected chi connectivity index (χ2v) is 5.47. The molecule has 0 unspecified atom stereocenters. The summed E-state index contributed by atoms with van der Waals surface area (Å²) in [5.41, 5.74) is 1.24. The molecule has 132 valence electrons. The number of hydrogen-bond donors (Lipinski definition) is 2. The number of rotatable bonds is 3. The van der Waals surface area contributed by atoms with Gasteiger partial charge in [0, 0.05) is 44.5 Å². The van der Waals surface area contributed by atoms with Gasteiger partial charge in [0.15, 0.2) is 0 Å². The maximum Gasteiger partial charge on any atom is 0.405 e. The second-order valence-electron chi connectivity index (χ2n) is 5.47. The lowest BCUT2D eigenvalue weighted by Gasteiger charge is -2.35. The van der Waals surface area contributed by atoms with E-state index in [9.17, 15) is 22.8 Å². The molecule has 0 saturated carbocycles. The van der Waals surface area contributed by atoms with Crippen molar-refractivity contribution in [1.29, 1.82) is 0 Å². The highest BCUT2D eigenvalue weighted by atomic mass is 19.4. The number of carbonyl (C=O) groups is 2. The van der Waals surface area contributed by atoms with E-state index in [1.807, 2.05) is 6.07 Å². The van der Waals surface area contributed by atoms with Gasteiger partial charge in [-0.15, -0.1) is 0 Å². The first-order chi connectivity index (χ1) is 11.2. The molecule has 2 N–H and O–H groups in total. The summed E-state index contributed by atoms with van der Waals surface area (Å²) >= 11 is 0. The maximum atomic E-state index is 12.1. The van der Waals surface area contributed by atoms with Gasteiger partial charge < -0.3 is 20.4 Å². The van der Waals surface area contributed by atoms with Crippen LogP contribution in [0.4, 0.5) is 29.3 Å². The normalized spacial score (nSPS) is 15.2. The van der Waals surface area contributed by atoms with Gasteiger partial charge in [-0.2, -0.15) is 13.2 Å². The predicted molar refractivity (Wildman–Crippen MR) is 84.0 cm³/mol. The number of carbonyl (C=O) groups excluding carboxylic acids is 2. The first kappa shape index (κ1) is 17.9. The zero-order valence-corrected chi connectivity index (χ0v) is 13.2. The molecule has 2 rings (SSSR count). The monoisotopic (exact) mass is 344 g/mol. The number of urea groups is 1. The van der Waals surface area contributed by atoms with Crippen molar-refractivity contribution in [3.63, 3.8) is 0 Å². The zero-order valence-electron chi connectivity index (χ0n) is 13.2. The maximum absolute atomic E-state index is 12.1. The minimum atomic E-state index is -4.45. The molecule has 1 aromatic rings. The van der Waals surface area contributed by atoms with E-state index in [1.54, 1.807) is 28.4 Å². The number of halogens is 3. The van der Waals surface area contributed by atoms with Gasteiger partial charge in [-0.1, -0.05) is 6.07 Å². The smallest absolute Gasteiger partial charge is 0.368 e. The number of hydrogen-bond acceptors (Lipinski definition) is 3. The summed E-state index contributed by atoms with van der Waals surface area (Å²) in [5, 5.41) is 4.14. The average molecular weight is 344 g/mol. The summed E-state index contributed by atoms with van der Waals surface area (Å²) < 4.78 is 36.2. The van der Waals surface area contributed by atoms with Gasteiger partial charge in [0.1, 0.15) is 6.54 Å². The molecule has 24 heavy (non-hydrogen) atoms. The van der Waals surface area contributed by atoms with Gasteiger partial charge in [0.2, 0.25) is 5.91 Å². The van der Waals surface area contributed by atoms with E-state index in [2.05, 4.69) is 10.2 Å². The van der Waals surface area contributed by atoms with Crippen molar-refractivity contribution in [1.82, 2.24) is 10.2 Å². The lowest BCUT2D eigenvalue weighted by Crippen LogP contribution is -2.48. The lowest BCUT2D eigenvalue weighted by molar-refractivity contribution is -0.129. The minimum Gasteiger partial charge on any atom is -0.368 e. The molecule has 0 radical (unpaired) electrons. The summed E-state index contributed by atoms with van der Waals surface area (Å²) in [6, 6.07) is 5.94. The fourth-order valence-electron chi connectivity index (χ4n) is 2.42. The summed E-state index contributed by atoms with van der Waals surface area (Å²) in [6.07, 6.45) is -4.45. The van der Waals surface area contributed by atoms with Gasteiger partial charge >= 0.3 is 12.2 Å². The van der Waals surface area contributed by atoms with E-state index in [0.29, 0.717) is 31.9 Å². The van der Waals surface area contributed by atoms with Gasteiger partial charge in [-0.3, -0.25) is 4.79 Å². The van der Waals surface area contributed by atoms with Crippen molar-refractivity contribution in [3.05, 3.63) is 24.3 Å². The van der Waals surface area contributed by atoms with Crippen LogP contribution in [0.2, 0.25) is 0 Å². The number of nitrogens with one attached hydrogen (secondary N) is 2. The van der Waals surface area contributed by atoms with Crippen LogP contribution in [0.25, 0.3) is 0 Å². The third kappa shape index (κ3) is 5.32. The minimum absolute atomic E-state index is 0.0337. The van der Waals surface area contributed by atoms with Crippen molar-refractivity contribution in [2.75, 3.05) is 42.9 Å². The van der Waals surface area contributed by atoms with Crippen molar-refractivity contribution in [3.8, 4) is 0 Å². The number of anilines is 2. The number of piperazine rings is 1. The molecular weight excluding hydrogens is 325 g/mol. The van der Waals surface area contributed by atoms with Crippen molar-refractivity contribution >= 4 is 23.3 Å². The van der Waals surface area contributed by atoms with E-state index >= 15 is 0 Å². The van der Waals surface area contributed by atoms with Crippen LogP contribution in [0.1, 0.15) is 6.92 Å². The lowest BCUT2D eigenvalue weighted by atomic mass is 10.2. The fourth-order valence-corrected chi connectivity index (χ4v) is 2.42. The van der Waals surface area contributed by atoms with Crippen molar-refractivity contribution in [2.24, 2.45) is 0 Å². The first-order valence-corrected chi connectivity index (χ1v) is 7.47. The molecular formula is C15H19F3N4O2. The van der Waals surface area contributed by atoms with Crippen molar-refractivity contribution < 1.29 is 22.8 Å². The molecule has 0 spiro atoms. The molecule has 1 heterocycles. The largest absolute Gasteiger partial charge is 0.405 e. The Morgan fingerprint density at radius 3 is 2.42 bits per heavy atom. The highest BCUT2D eigenvalue weighted by Gasteiger charge is 2.27. The highest BCUT2D eigenvalue weighted by Crippen LogP contribution is 2.21. The van der Waals surface area contributed by atoms with Crippen LogP contribution in [0.5, 0.6) is 0 Å². The zero-order chi connectivity index (χ0) is 17.7. The Hall–Kier alpha value is -2.45. The first-order valence-electron chi connectivity index (χ1n) is 7.47. The molecule has 0 bridgehead atoms. The average Bonchev–Trinajstić information content (AvgIpc) is 2.53. The van der Waals surface area contributed by atoms with Crippen LogP contribution in [0.15, 0.2) is 24.3 Å². The highest BCUT2D eigenvalue weighted by molar-refractivity contribution is 5.89. The fraction of sp³-hybridized carbons (Fsp3) is 0.467. The van der Waals surface area contributed by atoms with E-state index in [0.717, 1.165) is 5.69 Å². The van der Waals surface area contributed by atoms with Gasteiger partial charge in [0.25, 0.3) is 0 Å². The van der Waals surface area contributed by atoms with Crippen LogP contribution in [0, 0.1) is 0 Å². The van der Waals surface area contributed by atoms with Crippen LogP contribution in [-0.2, 0) is 4.79 Å². The van der Waals surface area contributed by atoms with Crippen LogP contribution >= 0.6 is 0 Å². The Morgan fingerprint density at radius 1 is 1.17 bits per heavy atom. The molecule has 0 atom stereocenters. The Kier molecular flexibility index (Phi) is 5.53. The molecule has 0 aliphatic carbocycles. The molecule has 1 saturated heterocycles. The van der Waals surface area contributed by atoms with E-state index in [4.69, 9.17) is 0 Å². The summed E-state index contributed by atoms with van der Waals surface area (Å²) in [6.45, 7) is 2.68. The second kappa shape index (κ2) is 7.41. The van der Waals surface area contributed by atoms with Gasteiger partial charge in [-0.05, 0) is 18.2 Å². The number of benzene rings is 1. The Balaban J connectivity index is 1.92. The number of nitrogens with zero attached hydrogens (tertiary/aromatic N) is 2. The van der Waals surface area contributed by atoms with Crippen LogP contribution in [-0.4, -0.2) is 55.7 Å². The van der Waals surface area contributed by atoms with Crippen LogP contribution < -0.4 is 15.5 Å². The van der Waals surface area contributed by atoms with Gasteiger partial charge in [0.05, 0.1) is 0 Å². The topological polar surface area (TPSA) is 64.7 Å². The summed E-state index contributed by atoms with van der Waals surface area (Å²) in [5.74, 6) is 0.0337. The van der Waals surface area contributed by atoms with E-state index < -0.39 is 18.8 Å². The Bertz CT molecular complexity index is 599. The van der Waals surface area contributed by atoms with Crippen molar-refractivity contribution in [2.45, 2.75) is 13.1 Å². The summed E-state index contributed by atoms with van der Waals surface area (Å²) in [4.78, 5) is 26.6. The molecule has 9 heteroatoms. The predicted octanol–water partition coefficient (Wildman–Crippen LogP) is 2.04. The molecule has 0 aromatic heterocycles. The molecule has 3 amide bonds. The number of amides is 3. The molecule has 1 aliphatic rings. The Labute approximate surface area is 137 Å². The standard InChI is InChI=1S/C15H19F3N4O2/c1-11(23)21-5-7-22(8-6-21)13-4-2-3-12(9-13)20-14(24)19-10-15(16,17)18/h2-4,9H,5-8,10H2,1H3,(H2,19,20,24).